The molecule has 1 aromatic carbocycles. The number of aromatic amines is 1. The number of halogens is 4. The Labute approximate surface area is 112 Å². The monoisotopic (exact) mass is 286 g/mol. The minimum absolute atomic E-state index is 0.0477. The first-order valence-corrected chi connectivity index (χ1v) is 6.25. The van der Waals surface area contributed by atoms with Gasteiger partial charge in [-0.3, -0.25) is 0 Å². The van der Waals surface area contributed by atoms with E-state index in [2.05, 4.69) is 9.97 Å². The van der Waals surface area contributed by atoms with E-state index in [4.69, 9.17) is 11.6 Å². The third kappa shape index (κ3) is 2.47. The number of nitrogens with zero attached hydrogens (tertiary/aromatic N) is 1. The molecule has 1 saturated carbocycles. The molecule has 1 heterocycles. The number of nitrogens with one attached hydrogen (secondary N) is 1. The Morgan fingerprint density at radius 3 is 2.58 bits per heavy atom. The van der Waals surface area contributed by atoms with Gasteiger partial charge in [0.25, 0.3) is 0 Å². The third-order valence-electron chi connectivity index (χ3n) is 3.16. The normalized spacial score (nSPS) is 15.8. The van der Waals surface area contributed by atoms with E-state index in [1.807, 2.05) is 0 Å². The van der Waals surface area contributed by atoms with Crippen LogP contribution >= 0.6 is 11.6 Å². The van der Waals surface area contributed by atoms with Crippen molar-refractivity contribution >= 4 is 11.6 Å². The summed E-state index contributed by atoms with van der Waals surface area (Å²) in [6, 6.07) is 3.29. The Bertz CT molecular complexity index is 615. The van der Waals surface area contributed by atoms with Gasteiger partial charge >= 0.3 is 6.18 Å². The molecule has 0 saturated heterocycles. The zero-order chi connectivity index (χ0) is 13.6. The summed E-state index contributed by atoms with van der Waals surface area (Å²) in [5.41, 5.74) is 0.753. The summed E-state index contributed by atoms with van der Waals surface area (Å²) in [6.45, 7) is 0. The van der Waals surface area contributed by atoms with Crippen molar-refractivity contribution in [1.29, 1.82) is 0 Å². The number of aromatic nitrogens is 2. The Hall–Kier alpha value is -1.49. The number of hydrogen-bond donors (Lipinski definition) is 1. The molecule has 1 fully saturated rings. The largest absolute Gasteiger partial charge is 0.416 e. The maximum Gasteiger partial charge on any atom is 0.416 e. The van der Waals surface area contributed by atoms with Crippen LogP contribution in [0.5, 0.6) is 0 Å². The fraction of sp³-hybridized carbons (Fsp3) is 0.308. The van der Waals surface area contributed by atoms with E-state index in [0.29, 0.717) is 17.3 Å². The van der Waals surface area contributed by atoms with Gasteiger partial charge in [0.1, 0.15) is 5.82 Å². The molecule has 0 unspecified atom stereocenters. The van der Waals surface area contributed by atoms with Gasteiger partial charge in [-0.2, -0.15) is 13.2 Å². The lowest BCUT2D eigenvalue weighted by Crippen LogP contribution is -2.04. The molecule has 1 aliphatic carbocycles. The molecule has 0 radical (unpaired) electrons. The molecule has 1 N–H and O–H groups in total. The van der Waals surface area contributed by atoms with Crippen molar-refractivity contribution in [3.63, 3.8) is 0 Å². The summed E-state index contributed by atoms with van der Waals surface area (Å²) in [5.74, 6) is 1.02. The Kier molecular flexibility index (Phi) is 2.82. The lowest BCUT2D eigenvalue weighted by atomic mass is 10.1. The smallest absolute Gasteiger partial charge is 0.342 e. The van der Waals surface area contributed by atoms with Gasteiger partial charge in [-0.15, -0.1) is 0 Å². The molecule has 0 amide bonds. The van der Waals surface area contributed by atoms with Crippen molar-refractivity contribution < 1.29 is 13.2 Å². The number of benzene rings is 1. The van der Waals surface area contributed by atoms with Crippen LogP contribution in [0, 0.1) is 0 Å². The van der Waals surface area contributed by atoms with E-state index in [1.165, 1.54) is 6.07 Å². The topological polar surface area (TPSA) is 28.7 Å². The van der Waals surface area contributed by atoms with Crippen molar-refractivity contribution in [2.45, 2.75) is 24.9 Å². The van der Waals surface area contributed by atoms with Crippen LogP contribution in [0.2, 0.25) is 5.02 Å². The summed E-state index contributed by atoms with van der Waals surface area (Å²) in [5, 5.41) is 0.0477. The van der Waals surface area contributed by atoms with E-state index in [-0.39, 0.29) is 5.02 Å². The molecule has 2 aromatic rings. The Morgan fingerprint density at radius 2 is 2.00 bits per heavy atom. The number of alkyl halides is 3. The number of hydrogen-bond acceptors (Lipinski definition) is 1. The van der Waals surface area contributed by atoms with E-state index < -0.39 is 11.7 Å². The van der Waals surface area contributed by atoms with Crippen molar-refractivity contribution in [2.75, 3.05) is 0 Å². The second-order valence-corrected chi connectivity index (χ2v) is 5.06. The SMILES string of the molecule is FC(F)(F)c1ccc(-c2ncc(C3CC3)[nH]2)c(Cl)c1. The van der Waals surface area contributed by atoms with Gasteiger partial charge in [0.15, 0.2) is 0 Å². The highest BCUT2D eigenvalue weighted by Gasteiger charge is 2.31. The van der Waals surface area contributed by atoms with Crippen molar-refractivity contribution in [3.8, 4) is 11.4 Å². The van der Waals surface area contributed by atoms with Gasteiger partial charge in [-0.1, -0.05) is 11.6 Å². The Balaban J connectivity index is 1.95. The quantitative estimate of drug-likeness (QED) is 0.857. The molecule has 0 atom stereocenters. The third-order valence-corrected chi connectivity index (χ3v) is 3.48. The minimum atomic E-state index is -4.38. The molecule has 1 aliphatic rings. The van der Waals surface area contributed by atoms with Crippen LogP contribution in [-0.4, -0.2) is 9.97 Å². The maximum atomic E-state index is 12.5. The summed E-state index contributed by atoms with van der Waals surface area (Å²) >= 11 is 5.91. The second-order valence-electron chi connectivity index (χ2n) is 4.65. The van der Waals surface area contributed by atoms with Crippen LogP contribution in [0.25, 0.3) is 11.4 Å². The minimum Gasteiger partial charge on any atom is -0.342 e. The van der Waals surface area contributed by atoms with Crippen LogP contribution in [0.4, 0.5) is 13.2 Å². The predicted octanol–water partition coefficient (Wildman–Crippen LogP) is 4.63. The zero-order valence-corrected chi connectivity index (χ0v) is 10.5. The van der Waals surface area contributed by atoms with Gasteiger partial charge in [-0.25, -0.2) is 4.98 Å². The molecule has 2 nitrogen and oxygen atoms in total. The van der Waals surface area contributed by atoms with Gasteiger partial charge < -0.3 is 4.98 Å². The standard InChI is InChI=1S/C13H10ClF3N2/c14-10-5-8(13(15,16)17)3-4-9(10)12-18-6-11(19-12)7-1-2-7/h3-7H,1-2H2,(H,18,19). The van der Waals surface area contributed by atoms with Crippen molar-refractivity contribution in [1.82, 2.24) is 9.97 Å². The van der Waals surface area contributed by atoms with E-state index in [1.54, 1.807) is 6.20 Å². The van der Waals surface area contributed by atoms with Gasteiger partial charge in [-0.05, 0) is 31.0 Å². The average molecular weight is 287 g/mol. The first kappa shape index (κ1) is 12.5. The average Bonchev–Trinajstić information content (AvgIpc) is 3.07. The highest BCUT2D eigenvalue weighted by molar-refractivity contribution is 6.33. The van der Waals surface area contributed by atoms with E-state index >= 15 is 0 Å². The van der Waals surface area contributed by atoms with Crippen LogP contribution < -0.4 is 0 Å². The molecule has 100 valence electrons. The van der Waals surface area contributed by atoms with Crippen molar-refractivity contribution in [3.05, 3.63) is 40.7 Å². The molecular weight excluding hydrogens is 277 g/mol. The molecule has 19 heavy (non-hydrogen) atoms. The first-order chi connectivity index (χ1) is 8.95. The first-order valence-electron chi connectivity index (χ1n) is 5.87. The molecule has 0 aliphatic heterocycles. The fourth-order valence-electron chi connectivity index (χ4n) is 1.96. The molecule has 0 spiro atoms. The van der Waals surface area contributed by atoms with Gasteiger partial charge in [0.05, 0.1) is 10.6 Å². The van der Waals surface area contributed by atoms with Crippen LogP contribution in [-0.2, 0) is 6.18 Å². The van der Waals surface area contributed by atoms with Gasteiger partial charge in [0, 0.05) is 23.4 Å². The summed E-state index contributed by atoms with van der Waals surface area (Å²) in [7, 11) is 0. The molecule has 6 heteroatoms. The molecular formula is C13H10ClF3N2. The lowest BCUT2D eigenvalue weighted by Gasteiger charge is -2.08. The van der Waals surface area contributed by atoms with Crippen LogP contribution in [0.3, 0.4) is 0 Å². The van der Waals surface area contributed by atoms with Crippen LogP contribution in [0.1, 0.15) is 30.0 Å². The number of rotatable bonds is 2. The number of H-pyrrole nitrogens is 1. The summed E-state index contributed by atoms with van der Waals surface area (Å²) < 4.78 is 37.6. The molecule has 1 aromatic heterocycles. The van der Waals surface area contributed by atoms with Gasteiger partial charge in [0.2, 0.25) is 0 Å². The summed E-state index contributed by atoms with van der Waals surface area (Å²) in [6.07, 6.45) is -0.406. The molecule has 0 bridgehead atoms. The zero-order valence-electron chi connectivity index (χ0n) is 9.76. The van der Waals surface area contributed by atoms with E-state index in [0.717, 1.165) is 30.7 Å². The molecule has 3 rings (SSSR count). The lowest BCUT2D eigenvalue weighted by molar-refractivity contribution is -0.137. The highest BCUT2D eigenvalue weighted by atomic mass is 35.5. The fourth-order valence-corrected chi connectivity index (χ4v) is 2.23. The number of imidazole rings is 1. The second kappa shape index (κ2) is 4.27. The summed E-state index contributed by atoms with van der Waals surface area (Å²) in [4.78, 5) is 7.29. The highest BCUT2D eigenvalue weighted by Crippen LogP contribution is 2.40. The maximum absolute atomic E-state index is 12.5. The van der Waals surface area contributed by atoms with E-state index in [9.17, 15) is 13.2 Å². The Morgan fingerprint density at radius 1 is 1.26 bits per heavy atom. The van der Waals surface area contributed by atoms with Crippen LogP contribution in [0.15, 0.2) is 24.4 Å². The predicted molar refractivity (Wildman–Crippen MR) is 66.0 cm³/mol. The van der Waals surface area contributed by atoms with Crippen molar-refractivity contribution in [2.24, 2.45) is 0 Å².